The molecule has 2 amide bonds. The first kappa shape index (κ1) is 19.5. The van der Waals surface area contributed by atoms with E-state index in [1.54, 1.807) is 0 Å². The zero-order valence-electron chi connectivity index (χ0n) is 17.1. The molecule has 2 aromatic carbocycles. The fourth-order valence-electron chi connectivity index (χ4n) is 4.39. The van der Waals surface area contributed by atoms with Crippen LogP contribution in [0.5, 0.6) is 0 Å². The molecule has 0 radical (unpaired) electrons. The number of nitrogens with zero attached hydrogens (tertiary/aromatic N) is 2. The van der Waals surface area contributed by atoms with Crippen LogP contribution in [-0.2, 0) is 11.3 Å². The Balaban J connectivity index is 1.48. The van der Waals surface area contributed by atoms with Crippen LogP contribution >= 0.6 is 0 Å². The molecular formula is C24H29N3O2. The first-order valence-electron chi connectivity index (χ1n) is 10.6. The fraction of sp³-hybridized carbons (Fsp3) is 0.417. The first-order chi connectivity index (χ1) is 14.1. The summed E-state index contributed by atoms with van der Waals surface area (Å²) in [7, 11) is 2.06. The molecule has 1 N–H and O–H groups in total. The third-order valence-corrected chi connectivity index (χ3v) is 6.11. The van der Waals surface area contributed by atoms with Crippen molar-refractivity contribution in [3.05, 3.63) is 59.7 Å². The van der Waals surface area contributed by atoms with Crippen LogP contribution < -0.4 is 10.2 Å². The highest BCUT2D eigenvalue weighted by atomic mass is 16.2. The number of carbonyl (C=O) groups is 2. The molecule has 1 saturated carbocycles. The van der Waals surface area contributed by atoms with Gasteiger partial charge in [-0.15, -0.1) is 0 Å². The predicted octanol–water partition coefficient (Wildman–Crippen LogP) is 4.30. The Morgan fingerprint density at radius 3 is 2.59 bits per heavy atom. The van der Waals surface area contributed by atoms with Gasteiger partial charge in [-0.05, 0) is 42.7 Å². The van der Waals surface area contributed by atoms with Crippen LogP contribution in [0.25, 0.3) is 0 Å². The van der Waals surface area contributed by atoms with E-state index in [-0.39, 0.29) is 17.7 Å². The number of anilines is 2. The van der Waals surface area contributed by atoms with Crippen LogP contribution in [0.2, 0.25) is 0 Å². The van der Waals surface area contributed by atoms with E-state index in [1.165, 1.54) is 12.1 Å². The van der Waals surface area contributed by atoms with Gasteiger partial charge in [0, 0.05) is 49.5 Å². The van der Waals surface area contributed by atoms with E-state index in [0.717, 1.165) is 37.8 Å². The zero-order chi connectivity index (χ0) is 20.2. The Morgan fingerprint density at radius 1 is 0.966 bits per heavy atom. The van der Waals surface area contributed by atoms with E-state index >= 15 is 0 Å². The number of hydrogen-bond acceptors (Lipinski definition) is 3. The number of nitrogens with one attached hydrogen (secondary N) is 1. The van der Waals surface area contributed by atoms with Gasteiger partial charge in [-0.25, -0.2) is 0 Å². The second-order valence-electron chi connectivity index (χ2n) is 8.18. The van der Waals surface area contributed by atoms with Crippen molar-refractivity contribution in [1.29, 1.82) is 0 Å². The second kappa shape index (κ2) is 8.68. The first-order valence-corrected chi connectivity index (χ1v) is 10.6. The second-order valence-corrected chi connectivity index (χ2v) is 8.18. The van der Waals surface area contributed by atoms with Crippen molar-refractivity contribution in [3.63, 3.8) is 0 Å². The van der Waals surface area contributed by atoms with Gasteiger partial charge in [0.2, 0.25) is 5.91 Å². The van der Waals surface area contributed by atoms with Crippen molar-refractivity contribution in [2.45, 2.75) is 38.6 Å². The third kappa shape index (κ3) is 4.44. The van der Waals surface area contributed by atoms with Crippen molar-refractivity contribution in [2.24, 2.45) is 5.92 Å². The monoisotopic (exact) mass is 391 g/mol. The number of fused-ring (bicyclic) bond motifs is 1. The van der Waals surface area contributed by atoms with Crippen molar-refractivity contribution in [3.8, 4) is 0 Å². The summed E-state index contributed by atoms with van der Waals surface area (Å²) in [6.07, 6.45) is 5.40. The van der Waals surface area contributed by atoms with E-state index in [0.29, 0.717) is 24.3 Å². The molecule has 0 spiro atoms. The number of amides is 2. The SMILES string of the molecule is CN1CCN(C(=O)c2cccc(NC(=O)C3CCCCC3)c2)Cc2ccccc21. The van der Waals surface area contributed by atoms with Crippen molar-refractivity contribution in [2.75, 3.05) is 30.4 Å². The van der Waals surface area contributed by atoms with Gasteiger partial charge >= 0.3 is 0 Å². The van der Waals surface area contributed by atoms with Crippen LogP contribution in [0.1, 0.15) is 48.0 Å². The average Bonchev–Trinajstić information content (AvgIpc) is 2.93. The maximum Gasteiger partial charge on any atom is 0.254 e. The molecule has 1 aliphatic heterocycles. The predicted molar refractivity (Wildman–Crippen MR) is 116 cm³/mol. The van der Waals surface area contributed by atoms with Gasteiger partial charge in [0.1, 0.15) is 0 Å². The highest BCUT2D eigenvalue weighted by Crippen LogP contribution is 2.26. The Bertz CT molecular complexity index is 889. The largest absolute Gasteiger partial charge is 0.373 e. The number of rotatable bonds is 3. The molecule has 5 heteroatoms. The minimum absolute atomic E-state index is 0.00358. The number of likely N-dealkylation sites (N-methyl/N-ethyl adjacent to an activating group) is 1. The minimum Gasteiger partial charge on any atom is -0.373 e. The third-order valence-electron chi connectivity index (χ3n) is 6.11. The number of para-hydroxylation sites is 1. The van der Waals surface area contributed by atoms with Gasteiger partial charge < -0.3 is 15.1 Å². The maximum absolute atomic E-state index is 13.2. The average molecular weight is 392 g/mol. The molecule has 4 rings (SSSR count). The summed E-state index contributed by atoms with van der Waals surface area (Å²) in [6, 6.07) is 15.6. The van der Waals surface area contributed by atoms with Gasteiger partial charge in [0.15, 0.2) is 0 Å². The van der Waals surface area contributed by atoms with Crippen LogP contribution in [0, 0.1) is 5.92 Å². The van der Waals surface area contributed by atoms with E-state index in [2.05, 4.69) is 29.4 Å². The molecular weight excluding hydrogens is 362 g/mol. The van der Waals surface area contributed by atoms with Crippen molar-refractivity contribution < 1.29 is 9.59 Å². The number of hydrogen-bond donors (Lipinski definition) is 1. The summed E-state index contributed by atoms with van der Waals surface area (Å²) in [5, 5.41) is 3.03. The highest BCUT2D eigenvalue weighted by Gasteiger charge is 2.24. The highest BCUT2D eigenvalue weighted by molar-refractivity contribution is 5.97. The van der Waals surface area contributed by atoms with Gasteiger partial charge in [-0.1, -0.05) is 43.5 Å². The standard InChI is InChI=1S/C24H29N3O2/c1-26-14-15-27(17-20-10-5-6-13-22(20)26)24(29)19-11-7-12-21(16-19)25-23(28)18-8-3-2-4-9-18/h5-7,10-13,16,18H,2-4,8-9,14-15,17H2,1H3,(H,25,28). The normalized spacial score (nSPS) is 17.4. The maximum atomic E-state index is 13.2. The minimum atomic E-state index is 0.00358. The summed E-state index contributed by atoms with van der Waals surface area (Å²) >= 11 is 0. The quantitative estimate of drug-likeness (QED) is 0.849. The lowest BCUT2D eigenvalue weighted by Crippen LogP contribution is -2.34. The van der Waals surface area contributed by atoms with Crippen molar-refractivity contribution in [1.82, 2.24) is 4.90 Å². The molecule has 1 aliphatic carbocycles. The van der Waals surface area contributed by atoms with Crippen LogP contribution in [-0.4, -0.2) is 36.9 Å². The summed E-state index contributed by atoms with van der Waals surface area (Å²) in [6.45, 7) is 2.06. The van der Waals surface area contributed by atoms with Gasteiger partial charge in [-0.3, -0.25) is 9.59 Å². The Hall–Kier alpha value is -2.82. The lowest BCUT2D eigenvalue weighted by Gasteiger charge is -2.22. The van der Waals surface area contributed by atoms with E-state index < -0.39 is 0 Å². The van der Waals surface area contributed by atoms with Gasteiger partial charge in [0.05, 0.1) is 0 Å². The summed E-state index contributed by atoms with van der Waals surface area (Å²) < 4.78 is 0. The smallest absolute Gasteiger partial charge is 0.254 e. The fourth-order valence-corrected chi connectivity index (χ4v) is 4.39. The molecule has 2 aromatic rings. The van der Waals surface area contributed by atoms with E-state index in [9.17, 15) is 9.59 Å². The summed E-state index contributed by atoms with van der Waals surface area (Å²) in [4.78, 5) is 29.9. The molecule has 5 nitrogen and oxygen atoms in total. The van der Waals surface area contributed by atoms with Crippen LogP contribution in [0.15, 0.2) is 48.5 Å². The lowest BCUT2D eigenvalue weighted by atomic mass is 9.88. The zero-order valence-corrected chi connectivity index (χ0v) is 17.1. The molecule has 0 aromatic heterocycles. The molecule has 0 bridgehead atoms. The molecule has 152 valence electrons. The lowest BCUT2D eigenvalue weighted by molar-refractivity contribution is -0.120. The topological polar surface area (TPSA) is 52.6 Å². The van der Waals surface area contributed by atoms with Crippen LogP contribution in [0.4, 0.5) is 11.4 Å². The molecule has 0 atom stereocenters. The molecule has 0 unspecified atom stereocenters. The molecule has 0 saturated heterocycles. The summed E-state index contributed by atoms with van der Waals surface area (Å²) in [5.41, 5.74) is 3.66. The van der Waals surface area contributed by atoms with Gasteiger partial charge in [0.25, 0.3) is 5.91 Å². The molecule has 1 fully saturated rings. The number of benzene rings is 2. The molecule has 2 aliphatic rings. The van der Waals surface area contributed by atoms with E-state index in [4.69, 9.17) is 0 Å². The van der Waals surface area contributed by atoms with Crippen molar-refractivity contribution >= 4 is 23.2 Å². The molecule has 29 heavy (non-hydrogen) atoms. The Kier molecular flexibility index (Phi) is 5.84. The Labute approximate surface area is 172 Å². The number of carbonyl (C=O) groups excluding carboxylic acids is 2. The summed E-state index contributed by atoms with van der Waals surface area (Å²) in [5.74, 6) is 0.184. The van der Waals surface area contributed by atoms with Gasteiger partial charge in [-0.2, -0.15) is 0 Å². The molecule has 1 heterocycles. The van der Waals surface area contributed by atoms with Crippen LogP contribution in [0.3, 0.4) is 0 Å². The Morgan fingerprint density at radius 2 is 1.76 bits per heavy atom. The van der Waals surface area contributed by atoms with E-state index in [1.807, 2.05) is 41.3 Å².